The molecule has 0 radical (unpaired) electrons. The quantitative estimate of drug-likeness (QED) is 0.828. The number of hydrogen-bond donors (Lipinski definition) is 1. The van der Waals surface area contributed by atoms with Crippen molar-refractivity contribution in [2.24, 2.45) is 0 Å². The third-order valence-corrected chi connectivity index (χ3v) is 6.13. The predicted octanol–water partition coefficient (Wildman–Crippen LogP) is 4.50. The zero-order valence-electron chi connectivity index (χ0n) is 15.3. The van der Waals surface area contributed by atoms with Crippen molar-refractivity contribution in [1.82, 2.24) is 10.3 Å². The summed E-state index contributed by atoms with van der Waals surface area (Å²) in [6, 6.07) is 7.90. The van der Waals surface area contributed by atoms with E-state index < -0.39 is 0 Å². The van der Waals surface area contributed by atoms with Crippen molar-refractivity contribution in [3.05, 3.63) is 45.9 Å². The molecule has 1 aliphatic rings. The Balaban J connectivity index is 1.76. The highest BCUT2D eigenvalue weighted by Crippen LogP contribution is 2.40. The fourth-order valence-electron chi connectivity index (χ4n) is 3.57. The Kier molecular flexibility index (Phi) is 5.42. The van der Waals surface area contributed by atoms with Gasteiger partial charge in [0.25, 0.3) is 5.91 Å². The van der Waals surface area contributed by atoms with E-state index in [1.807, 2.05) is 31.2 Å². The summed E-state index contributed by atoms with van der Waals surface area (Å²) >= 11 is 1.66. The van der Waals surface area contributed by atoms with Gasteiger partial charge in [0, 0.05) is 35.9 Å². The van der Waals surface area contributed by atoms with E-state index >= 15 is 0 Å². The first-order chi connectivity index (χ1) is 12.0. The lowest BCUT2D eigenvalue weighted by Crippen LogP contribution is -2.43. The summed E-state index contributed by atoms with van der Waals surface area (Å²) in [6.45, 7) is 5.19. The molecule has 0 bridgehead atoms. The van der Waals surface area contributed by atoms with Crippen LogP contribution < -0.4 is 10.2 Å². The number of carbonyl (C=O) groups excluding carboxylic acids is 1. The Morgan fingerprint density at radius 2 is 1.96 bits per heavy atom. The molecule has 0 unspecified atom stereocenters. The summed E-state index contributed by atoms with van der Waals surface area (Å²) in [6.07, 6.45) is 5.33. The Bertz CT molecular complexity index is 717. The number of amides is 1. The fraction of sp³-hybridized carbons (Fsp3) is 0.500. The third kappa shape index (κ3) is 3.87. The van der Waals surface area contributed by atoms with Gasteiger partial charge < -0.3 is 10.2 Å². The van der Waals surface area contributed by atoms with E-state index in [-0.39, 0.29) is 11.4 Å². The van der Waals surface area contributed by atoms with Gasteiger partial charge in [0.1, 0.15) is 5.01 Å². The van der Waals surface area contributed by atoms with Gasteiger partial charge in [0.2, 0.25) is 0 Å². The smallest absolute Gasteiger partial charge is 0.252 e. The molecule has 1 aromatic carbocycles. The van der Waals surface area contributed by atoms with E-state index in [2.05, 4.69) is 34.6 Å². The second-order valence-corrected chi connectivity index (χ2v) is 7.86. The third-order valence-electron chi connectivity index (χ3n) is 4.97. The first kappa shape index (κ1) is 17.9. The molecular weight excluding hydrogens is 330 g/mol. The summed E-state index contributed by atoms with van der Waals surface area (Å²) in [5, 5.41) is 6.43. The number of nitrogens with zero attached hydrogens (tertiary/aromatic N) is 2. The largest absolute Gasteiger partial charge is 0.375 e. The Morgan fingerprint density at radius 1 is 1.28 bits per heavy atom. The molecule has 0 saturated heterocycles. The number of anilines is 1. The topological polar surface area (TPSA) is 45.2 Å². The number of hydrogen-bond acceptors (Lipinski definition) is 4. The van der Waals surface area contributed by atoms with Gasteiger partial charge in [-0.15, -0.1) is 11.3 Å². The molecule has 134 valence electrons. The van der Waals surface area contributed by atoms with Crippen LogP contribution in [0.4, 0.5) is 5.69 Å². The van der Waals surface area contributed by atoms with Crippen LogP contribution in [0.2, 0.25) is 0 Å². The molecule has 1 saturated carbocycles. The summed E-state index contributed by atoms with van der Waals surface area (Å²) in [5.41, 5.74) is 2.61. The highest BCUT2D eigenvalue weighted by molar-refractivity contribution is 7.09. The minimum absolute atomic E-state index is 0.000511. The molecule has 0 aliphatic heterocycles. The van der Waals surface area contributed by atoms with Crippen molar-refractivity contribution >= 4 is 22.9 Å². The van der Waals surface area contributed by atoms with Crippen LogP contribution in [0.3, 0.4) is 0 Å². The van der Waals surface area contributed by atoms with Crippen LogP contribution in [0.5, 0.6) is 0 Å². The normalized spacial score (nSPS) is 16.0. The molecule has 5 heteroatoms. The van der Waals surface area contributed by atoms with E-state index in [0.717, 1.165) is 55.0 Å². The number of rotatable bonds is 6. The summed E-state index contributed by atoms with van der Waals surface area (Å²) < 4.78 is 0. The highest BCUT2D eigenvalue weighted by atomic mass is 32.1. The number of aryl methyl sites for hydroxylation is 1. The van der Waals surface area contributed by atoms with Crippen molar-refractivity contribution < 1.29 is 4.79 Å². The van der Waals surface area contributed by atoms with Crippen LogP contribution in [0, 0.1) is 6.92 Å². The molecule has 0 spiro atoms. The minimum Gasteiger partial charge on any atom is -0.375 e. The van der Waals surface area contributed by atoms with Crippen LogP contribution in [-0.4, -0.2) is 24.5 Å². The van der Waals surface area contributed by atoms with Gasteiger partial charge >= 0.3 is 0 Å². The first-order valence-corrected chi connectivity index (χ1v) is 9.98. The monoisotopic (exact) mass is 357 g/mol. The molecule has 1 amide bonds. The lowest BCUT2D eigenvalue weighted by atomic mass is 9.97. The van der Waals surface area contributed by atoms with Crippen molar-refractivity contribution in [3.8, 4) is 0 Å². The van der Waals surface area contributed by atoms with Gasteiger partial charge in [-0.05, 0) is 50.5 Å². The zero-order valence-corrected chi connectivity index (χ0v) is 16.2. The Morgan fingerprint density at radius 3 is 2.52 bits per heavy atom. The maximum atomic E-state index is 12.8. The second kappa shape index (κ2) is 7.56. The van der Waals surface area contributed by atoms with Crippen molar-refractivity contribution in [2.75, 3.05) is 18.5 Å². The van der Waals surface area contributed by atoms with Crippen LogP contribution in [0.25, 0.3) is 0 Å². The molecule has 1 aromatic heterocycles. The first-order valence-electron chi connectivity index (χ1n) is 9.10. The van der Waals surface area contributed by atoms with E-state index in [1.54, 1.807) is 11.3 Å². The van der Waals surface area contributed by atoms with Gasteiger partial charge in [-0.1, -0.05) is 19.8 Å². The number of thiazole rings is 1. The molecular formula is C20H27N3OS. The van der Waals surface area contributed by atoms with Crippen LogP contribution in [-0.2, 0) is 5.54 Å². The van der Waals surface area contributed by atoms with Crippen LogP contribution in [0.1, 0.15) is 60.1 Å². The molecule has 1 N–H and O–H groups in total. The zero-order chi connectivity index (χ0) is 17.9. The van der Waals surface area contributed by atoms with Gasteiger partial charge in [0.05, 0.1) is 5.54 Å². The van der Waals surface area contributed by atoms with E-state index in [0.29, 0.717) is 5.56 Å². The van der Waals surface area contributed by atoms with E-state index in [9.17, 15) is 4.79 Å². The minimum atomic E-state index is -0.284. The van der Waals surface area contributed by atoms with Gasteiger partial charge in [-0.2, -0.15) is 0 Å². The molecule has 0 atom stereocenters. The lowest BCUT2D eigenvalue weighted by Gasteiger charge is -2.28. The maximum absolute atomic E-state index is 12.8. The lowest BCUT2D eigenvalue weighted by molar-refractivity contribution is 0.0898. The number of carbonyl (C=O) groups is 1. The maximum Gasteiger partial charge on any atom is 0.252 e. The van der Waals surface area contributed by atoms with E-state index in [1.165, 1.54) is 0 Å². The predicted molar refractivity (Wildman–Crippen MR) is 104 cm³/mol. The molecule has 1 aliphatic carbocycles. The SMILES string of the molecule is CCCN(C)c1ccc(C(=O)NC2(c3nc(C)cs3)CCCC2)cc1. The average molecular weight is 358 g/mol. The van der Waals surface area contributed by atoms with E-state index in [4.69, 9.17) is 0 Å². The molecule has 3 rings (SSSR count). The van der Waals surface area contributed by atoms with Crippen molar-refractivity contribution in [1.29, 1.82) is 0 Å². The average Bonchev–Trinajstić information content (AvgIpc) is 3.25. The summed E-state index contributed by atoms with van der Waals surface area (Å²) in [4.78, 5) is 19.7. The molecule has 4 nitrogen and oxygen atoms in total. The summed E-state index contributed by atoms with van der Waals surface area (Å²) in [7, 11) is 2.08. The Hall–Kier alpha value is -1.88. The molecule has 25 heavy (non-hydrogen) atoms. The molecule has 2 aromatic rings. The summed E-state index contributed by atoms with van der Waals surface area (Å²) in [5.74, 6) is -0.000511. The van der Waals surface area contributed by atoms with Crippen LogP contribution in [0.15, 0.2) is 29.6 Å². The fourth-order valence-corrected chi connectivity index (χ4v) is 4.58. The van der Waals surface area contributed by atoms with Gasteiger partial charge in [0.15, 0.2) is 0 Å². The molecule has 1 fully saturated rings. The number of benzene rings is 1. The second-order valence-electron chi connectivity index (χ2n) is 7.01. The van der Waals surface area contributed by atoms with Gasteiger partial charge in [-0.3, -0.25) is 4.79 Å². The number of aromatic nitrogens is 1. The standard InChI is InChI=1S/C20H27N3OS/c1-4-13-23(3)17-9-7-16(8-10-17)18(24)22-20(11-5-6-12-20)19-21-15(2)14-25-19/h7-10,14H,4-6,11-13H2,1-3H3,(H,22,24). The Labute approximate surface area is 154 Å². The van der Waals surface area contributed by atoms with Crippen molar-refractivity contribution in [3.63, 3.8) is 0 Å². The van der Waals surface area contributed by atoms with Crippen LogP contribution >= 0.6 is 11.3 Å². The highest BCUT2D eigenvalue weighted by Gasteiger charge is 2.39. The number of nitrogens with one attached hydrogen (secondary N) is 1. The molecule has 1 heterocycles. The van der Waals surface area contributed by atoms with Crippen molar-refractivity contribution in [2.45, 2.75) is 51.5 Å². The van der Waals surface area contributed by atoms with Gasteiger partial charge in [-0.25, -0.2) is 4.98 Å².